The minimum Gasteiger partial charge on any atom is -0.309 e. The second-order valence-corrected chi connectivity index (χ2v) is 18.3. The van der Waals surface area contributed by atoms with E-state index in [0.717, 1.165) is 50.5 Å². The zero-order valence-electron chi connectivity index (χ0n) is 35.5. The molecule has 0 fully saturated rings. The molecular weight excluding hydrogens is 846 g/mol. The molecule has 0 radical (unpaired) electrons. The van der Waals surface area contributed by atoms with Crippen molar-refractivity contribution in [3.8, 4) is 33.6 Å². The molecule has 310 valence electrons. The maximum Gasteiger partial charge on any atom is 0.0834 e. The van der Waals surface area contributed by atoms with E-state index in [-0.39, 0.29) is 0 Å². The second kappa shape index (κ2) is 14.1. The zero-order valence-corrected chi connectivity index (χ0v) is 37.0. The average Bonchev–Trinajstić information content (AvgIpc) is 4.08. The predicted molar refractivity (Wildman–Crippen MR) is 276 cm³/mol. The molecule has 10 aromatic carbocycles. The number of halogens is 2. The van der Waals surface area contributed by atoms with Gasteiger partial charge in [-0.1, -0.05) is 181 Å². The molecule has 14 rings (SSSR count). The van der Waals surface area contributed by atoms with E-state index in [1.165, 1.54) is 66.1 Å². The number of hydrogen-bond acceptors (Lipinski definition) is 1. The summed E-state index contributed by atoms with van der Waals surface area (Å²) in [4.78, 5) is 2.31. The summed E-state index contributed by atoms with van der Waals surface area (Å²) in [6.45, 7) is 0. The van der Waals surface area contributed by atoms with Gasteiger partial charge in [0.25, 0.3) is 0 Å². The van der Waals surface area contributed by atoms with Crippen LogP contribution < -0.4 is 4.90 Å². The van der Waals surface area contributed by atoms with E-state index in [1.54, 1.807) is 0 Å². The molecule has 2 aliphatic carbocycles. The third-order valence-corrected chi connectivity index (χ3v) is 15.0. The largest absolute Gasteiger partial charge is 0.309 e. The molecule has 0 aliphatic heterocycles. The fraction of sp³-hybridized carbons (Fsp3) is 0.0164. The lowest BCUT2D eigenvalue weighted by atomic mass is 9.70. The first-order valence-electron chi connectivity index (χ1n) is 22.4. The summed E-state index contributed by atoms with van der Waals surface area (Å²) in [5.41, 5.74) is 18.7. The van der Waals surface area contributed by atoms with Gasteiger partial charge in [-0.05, 0) is 111 Å². The van der Waals surface area contributed by atoms with Crippen LogP contribution in [0.25, 0.3) is 77.2 Å². The number of anilines is 3. The van der Waals surface area contributed by atoms with Gasteiger partial charge in [-0.2, -0.15) is 0 Å². The molecule has 0 atom stereocenters. The molecule has 1 spiro atoms. The van der Waals surface area contributed by atoms with Crippen molar-refractivity contribution in [2.24, 2.45) is 0 Å². The normalized spacial score (nSPS) is 13.1. The van der Waals surface area contributed by atoms with Crippen LogP contribution in [0.2, 0.25) is 10.0 Å². The highest BCUT2D eigenvalue weighted by Crippen LogP contribution is 2.63. The Kier molecular flexibility index (Phi) is 8.01. The van der Waals surface area contributed by atoms with E-state index in [1.807, 2.05) is 6.07 Å². The number of benzene rings is 10. The van der Waals surface area contributed by atoms with E-state index in [4.69, 9.17) is 23.2 Å². The fourth-order valence-electron chi connectivity index (χ4n) is 11.7. The molecule has 0 N–H and O–H groups in total. The van der Waals surface area contributed by atoms with Crippen molar-refractivity contribution >= 4 is 83.9 Å². The minimum absolute atomic E-state index is 0.471. The monoisotopic (exact) mass is 881 g/mol. The van der Waals surface area contributed by atoms with Crippen LogP contribution in [0.4, 0.5) is 17.1 Å². The Balaban J connectivity index is 1.06. The maximum atomic E-state index is 7.61. The topological polar surface area (TPSA) is 13.1 Å². The van der Waals surface area contributed by atoms with Crippen molar-refractivity contribution in [1.29, 1.82) is 0 Å². The number of aromatic nitrogens is 2. The number of hydrogen-bond donors (Lipinski definition) is 0. The first-order valence-corrected chi connectivity index (χ1v) is 23.2. The van der Waals surface area contributed by atoms with Crippen molar-refractivity contribution < 1.29 is 0 Å². The van der Waals surface area contributed by atoms with Crippen molar-refractivity contribution in [2.75, 3.05) is 4.90 Å². The van der Waals surface area contributed by atoms with Gasteiger partial charge >= 0.3 is 0 Å². The third kappa shape index (κ3) is 5.04. The second-order valence-electron chi connectivity index (χ2n) is 17.5. The first kappa shape index (κ1) is 37.5. The predicted octanol–water partition coefficient (Wildman–Crippen LogP) is 17.0. The van der Waals surface area contributed by atoms with Crippen LogP contribution in [0, 0.1) is 0 Å². The summed E-state index contributed by atoms with van der Waals surface area (Å²) in [7, 11) is 0. The van der Waals surface area contributed by atoms with Gasteiger partial charge < -0.3 is 14.0 Å². The van der Waals surface area contributed by atoms with Crippen molar-refractivity contribution in [1.82, 2.24) is 9.13 Å². The van der Waals surface area contributed by atoms with Crippen LogP contribution in [0.1, 0.15) is 22.3 Å². The molecule has 12 aromatic rings. The summed E-state index contributed by atoms with van der Waals surface area (Å²) in [5, 5.41) is 5.72. The molecule has 66 heavy (non-hydrogen) atoms. The molecule has 2 aromatic heterocycles. The number of rotatable bonds is 5. The summed E-state index contributed by atoms with van der Waals surface area (Å²) in [6, 6.07) is 81.3. The van der Waals surface area contributed by atoms with Gasteiger partial charge in [0, 0.05) is 44.3 Å². The van der Waals surface area contributed by atoms with Crippen LogP contribution in [0.15, 0.2) is 224 Å². The average molecular weight is 883 g/mol. The lowest BCUT2D eigenvalue weighted by Gasteiger charge is -2.32. The molecular formula is C61H37Cl2N3. The van der Waals surface area contributed by atoms with E-state index in [2.05, 4.69) is 232 Å². The highest BCUT2D eigenvalue weighted by molar-refractivity contribution is 6.44. The van der Waals surface area contributed by atoms with Crippen LogP contribution in [0.3, 0.4) is 0 Å². The zero-order chi connectivity index (χ0) is 43.7. The van der Waals surface area contributed by atoms with Crippen LogP contribution in [0.5, 0.6) is 0 Å². The quantitative estimate of drug-likeness (QED) is 0.168. The van der Waals surface area contributed by atoms with Gasteiger partial charge in [0.05, 0.1) is 43.2 Å². The van der Waals surface area contributed by atoms with Gasteiger partial charge in [-0.3, -0.25) is 0 Å². The highest BCUT2D eigenvalue weighted by Gasteiger charge is 2.51. The molecule has 0 bridgehead atoms. The van der Waals surface area contributed by atoms with E-state index in [0.29, 0.717) is 10.0 Å². The first-order chi connectivity index (χ1) is 32.6. The standard InChI is InChI=1S/C61H37Cl2N3/c62-54-36-41(66-57-30-13-6-23-48(57)49-24-7-14-31-58(49)66)37-59(60(54)63)64(38-16-15-17-39(34-38)65-55-28-11-4-21-46(55)47-22-5-12-29-56(47)65)40-32-33-45-44-20-3-10-27-52(44)61(53(45)35-40)50-25-8-1-18-42(50)43-19-2-9-26-51(43)61/h1-37H. The molecule has 0 amide bonds. The number of para-hydroxylation sites is 4. The Morgan fingerprint density at radius 3 is 1.27 bits per heavy atom. The Labute approximate surface area is 391 Å². The maximum absolute atomic E-state index is 7.61. The molecule has 2 aliphatic rings. The third-order valence-electron chi connectivity index (χ3n) is 14.2. The summed E-state index contributed by atoms with van der Waals surface area (Å²) in [5.74, 6) is 0. The summed E-state index contributed by atoms with van der Waals surface area (Å²) in [6.07, 6.45) is 0. The van der Waals surface area contributed by atoms with Crippen molar-refractivity contribution in [2.45, 2.75) is 5.41 Å². The summed E-state index contributed by atoms with van der Waals surface area (Å²) >= 11 is 15.0. The SMILES string of the molecule is Clc1cc(-n2c3ccccc3c3ccccc32)cc(N(c2cccc(-n3c4ccccc4c4ccccc43)c2)c2ccc3c(c2)C2(c4ccccc4-c4ccccc42)c2ccccc2-3)c1Cl. The van der Waals surface area contributed by atoms with Gasteiger partial charge in [0.1, 0.15) is 0 Å². The van der Waals surface area contributed by atoms with E-state index in [9.17, 15) is 0 Å². The minimum atomic E-state index is -0.530. The van der Waals surface area contributed by atoms with Gasteiger partial charge in [-0.25, -0.2) is 0 Å². The van der Waals surface area contributed by atoms with Crippen LogP contribution >= 0.6 is 23.2 Å². The molecule has 2 heterocycles. The smallest absolute Gasteiger partial charge is 0.0834 e. The molecule has 0 saturated heterocycles. The number of nitrogens with zero attached hydrogens (tertiary/aromatic N) is 3. The lowest BCUT2D eigenvalue weighted by molar-refractivity contribution is 0.793. The Bertz CT molecular complexity index is 3830. The van der Waals surface area contributed by atoms with Gasteiger partial charge in [0.2, 0.25) is 0 Å². The van der Waals surface area contributed by atoms with Gasteiger partial charge in [-0.15, -0.1) is 0 Å². The van der Waals surface area contributed by atoms with Crippen LogP contribution in [-0.2, 0) is 5.41 Å². The fourth-order valence-corrected chi connectivity index (χ4v) is 12.1. The van der Waals surface area contributed by atoms with Crippen molar-refractivity contribution in [3.63, 3.8) is 0 Å². The van der Waals surface area contributed by atoms with E-state index < -0.39 is 5.41 Å². The number of fused-ring (bicyclic) bond motifs is 16. The van der Waals surface area contributed by atoms with Gasteiger partial charge in [0.15, 0.2) is 0 Å². The van der Waals surface area contributed by atoms with Crippen LogP contribution in [-0.4, -0.2) is 9.13 Å². The molecule has 0 saturated carbocycles. The molecule has 5 heteroatoms. The molecule has 3 nitrogen and oxygen atoms in total. The Morgan fingerprint density at radius 2 is 0.758 bits per heavy atom. The molecule has 0 unspecified atom stereocenters. The van der Waals surface area contributed by atoms with Crippen molar-refractivity contribution in [3.05, 3.63) is 257 Å². The Morgan fingerprint density at radius 1 is 0.333 bits per heavy atom. The summed E-state index contributed by atoms with van der Waals surface area (Å²) < 4.78 is 4.68. The Hall–Kier alpha value is -7.82. The van der Waals surface area contributed by atoms with E-state index >= 15 is 0 Å². The lowest BCUT2D eigenvalue weighted by Crippen LogP contribution is -2.26. The highest BCUT2D eigenvalue weighted by atomic mass is 35.5.